The first-order valence-corrected chi connectivity index (χ1v) is 7.01. The van der Waals surface area contributed by atoms with Crippen LogP contribution in [0.2, 0.25) is 0 Å². The number of esters is 1. The van der Waals surface area contributed by atoms with Gasteiger partial charge in [0.25, 0.3) is 0 Å². The lowest BCUT2D eigenvalue weighted by molar-refractivity contribution is -0.143. The van der Waals surface area contributed by atoms with Crippen LogP contribution in [0.25, 0.3) is 11.1 Å². The highest BCUT2D eigenvalue weighted by molar-refractivity contribution is 5.81. The lowest BCUT2D eigenvalue weighted by Gasteiger charge is -2.17. The molecule has 3 rings (SSSR count). The molecule has 0 aromatic heterocycles. The van der Waals surface area contributed by atoms with E-state index in [9.17, 15) is 9.90 Å². The van der Waals surface area contributed by atoms with Gasteiger partial charge in [0.15, 0.2) is 0 Å². The first-order chi connectivity index (χ1) is 9.88. The molecule has 1 aliphatic rings. The molecular formula is C18H18O3. The summed E-state index contributed by atoms with van der Waals surface area (Å²) in [7, 11) is 0. The molecule has 1 unspecified atom stereocenters. The minimum Gasteiger partial charge on any atom is -0.426 e. The van der Waals surface area contributed by atoms with Crippen molar-refractivity contribution in [1.29, 1.82) is 0 Å². The number of benzene rings is 2. The smallest absolute Gasteiger partial charge is 0.316 e. The number of hydrogen-bond acceptors (Lipinski definition) is 3. The molecule has 0 saturated heterocycles. The Hall–Kier alpha value is -2.13. The molecule has 1 aliphatic carbocycles. The van der Waals surface area contributed by atoms with Gasteiger partial charge < -0.3 is 9.84 Å². The molecule has 0 bridgehead atoms. The molecule has 3 heteroatoms. The number of carbonyl (C=O) groups excluding carboxylic acids is 1. The van der Waals surface area contributed by atoms with E-state index in [1.165, 1.54) is 0 Å². The van der Waals surface area contributed by atoms with E-state index in [1.54, 1.807) is 12.1 Å². The fraction of sp³-hybridized carbons (Fsp3) is 0.278. The van der Waals surface area contributed by atoms with Crippen molar-refractivity contribution in [1.82, 2.24) is 0 Å². The standard InChI is InChI=1S/C18H18O3/c1-18(2,3)17(20)21-11-8-9-13-12-6-4-5-7-14(12)16(19)15(13)10-11/h4-10,16,19H,1-3H3. The number of aliphatic hydroxyl groups is 1. The largest absolute Gasteiger partial charge is 0.426 e. The van der Waals surface area contributed by atoms with Gasteiger partial charge in [-0.25, -0.2) is 0 Å². The summed E-state index contributed by atoms with van der Waals surface area (Å²) in [4.78, 5) is 11.9. The van der Waals surface area contributed by atoms with Gasteiger partial charge in [-0.15, -0.1) is 0 Å². The zero-order valence-corrected chi connectivity index (χ0v) is 12.4. The average Bonchev–Trinajstić information content (AvgIpc) is 2.72. The van der Waals surface area contributed by atoms with E-state index in [2.05, 4.69) is 0 Å². The van der Waals surface area contributed by atoms with Crippen LogP contribution in [0.5, 0.6) is 5.75 Å². The van der Waals surface area contributed by atoms with E-state index in [4.69, 9.17) is 4.74 Å². The number of aliphatic hydroxyl groups excluding tert-OH is 1. The summed E-state index contributed by atoms with van der Waals surface area (Å²) in [6.45, 7) is 5.44. The molecule has 108 valence electrons. The molecular weight excluding hydrogens is 264 g/mol. The Bertz CT molecular complexity index is 711. The molecule has 1 atom stereocenters. The minimum atomic E-state index is -0.663. The van der Waals surface area contributed by atoms with E-state index < -0.39 is 11.5 Å². The fourth-order valence-corrected chi connectivity index (χ4v) is 2.48. The zero-order chi connectivity index (χ0) is 15.2. The normalized spacial score (nSPS) is 16.3. The molecule has 2 aromatic rings. The molecule has 0 aliphatic heterocycles. The molecule has 21 heavy (non-hydrogen) atoms. The van der Waals surface area contributed by atoms with Crippen molar-refractivity contribution in [3.8, 4) is 16.9 Å². The number of hydrogen-bond donors (Lipinski definition) is 1. The van der Waals surface area contributed by atoms with Crippen molar-refractivity contribution in [2.24, 2.45) is 5.41 Å². The van der Waals surface area contributed by atoms with Crippen molar-refractivity contribution < 1.29 is 14.6 Å². The van der Waals surface area contributed by atoms with Crippen LogP contribution in [0, 0.1) is 5.41 Å². The molecule has 0 heterocycles. The van der Waals surface area contributed by atoms with E-state index in [1.807, 2.05) is 51.1 Å². The van der Waals surface area contributed by atoms with E-state index in [0.29, 0.717) is 5.75 Å². The Balaban J connectivity index is 1.96. The second kappa shape index (κ2) is 4.71. The van der Waals surface area contributed by atoms with Crippen LogP contribution >= 0.6 is 0 Å². The summed E-state index contributed by atoms with van der Waals surface area (Å²) in [5.74, 6) is 0.188. The van der Waals surface area contributed by atoms with Crippen LogP contribution in [-0.2, 0) is 4.79 Å². The van der Waals surface area contributed by atoms with Gasteiger partial charge in [-0.1, -0.05) is 30.3 Å². The monoisotopic (exact) mass is 282 g/mol. The van der Waals surface area contributed by atoms with E-state index in [-0.39, 0.29) is 5.97 Å². The summed E-state index contributed by atoms with van der Waals surface area (Å²) in [5.41, 5.74) is 3.16. The van der Waals surface area contributed by atoms with Crippen molar-refractivity contribution in [2.45, 2.75) is 26.9 Å². The Morgan fingerprint density at radius 3 is 2.43 bits per heavy atom. The Morgan fingerprint density at radius 1 is 1.05 bits per heavy atom. The molecule has 0 radical (unpaired) electrons. The van der Waals surface area contributed by atoms with Crippen molar-refractivity contribution in [2.75, 3.05) is 0 Å². The van der Waals surface area contributed by atoms with Crippen molar-refractivity contribution in [3.05, 3.63) is 53.6 Å². The highest BCUT2D eigenvalue weighted by Gasteiger charge is 2.28. The lowest BCUT2D eigenvalue weighted by Crippen LogP contribution is -2.25. The van der Waals surface area contributed by atoms with Crippen LogP contribution in [0.15, 0.2) is 42.5 Å². The van der Waals surface area contributed by atoms with Gasteiger partial charge in [0, 0.05) is 0 Å². The molecule has 0 saturated carbocycles. The van der Waals surface area contributed by atoms with Gasteiger partial charge in [0.05, 0.1) is 5.41 Å². The lowest BCUT2D eigenvalue weighted by atomic mass is 9.97. The predicted molar refractivity (Wildman–Crippen MR) is 81.0 cm³/mol. The highest BCUT2D eigenvalue weighted by Crippen LogP contribution is 2.44. The Kier molecular flexibility index (Phi) is 3.10. The van der Waals surface area contributed by atoms with Gasteiger partial charge in [0.1, 0.15) is 11.9 Å². The van der Waals surface area contributed by atoms with Crippen molar-refractivity contribution in [3.63, 3.8) is 0 Å². The number of ether oxygens (including phenoxy) is 1. The fourth-order valence-electron chi connectivity index (χ4n) is 2.48. The predicted octanol–water partition coefficient (Wildman–Crippen LogP) is 3.70. The second-order valence-electron chi connectivity index (χ2n) is 6.38. The first-order valence-electron chi connectivity index (χ1n) is 7.01. The first kappa shape index (κ1) is 13.8. The maximum atomic E-state index is 11.9. The van der Waals surface area contributed by atoms with Crippen LogP contribution in [0.3, 0.4) is 0 Å². The summed E-state index contributed by atoms with van der Waals surface area (Å²) >= 11 is 0. The summed E-state index contributed by atoms with van der Waals surface area (Å²) in [6.07, 6.45) is -0.663. The van der Waals surface area contributed by atoms with Gasteiger partial charge in [-0.05, 0) is 55.2 Å². The Labute approximate surface area is 124 Å². The second-order valence-corrected chi connectivity index (χ2v) is 6.38. The summed E-state index contributed by atoms with van der Waals surface area (Å²) in [5, 5.41) is 10.4. The SMILES string of the molecule is CC(C)(C)C(=O)Oc1ccc2c(c1)C(O)c1ccccc1-2. The number of carbonyl (C=O) groups is 1. The molecule has 0 fully saturated rings. The quantitative estimate of drug-likeness (QED) is 0.641. The molecule has 1 N–H and O–H groups in total. The maximum Gasteiger partial charge on any atom is 0.316 e. The minimum absolute atomic E-state index is 0.285. The Morgan fingerprint density at radius 2 is 1.71 bits per heavy atom. The average molecular weight is 282 g/mol. The third-order valence-electron chi connectivity index (χ3n) is 3.69. The third kappa shape index (κ3) is 2.34. The maximum absolute atomic E-state index is 11.9. The third-order valence-corrected chi connectivity index (χ3v) is 3.69. The molecule has 2 aromatic carbocycles. The van der Waals surface area contributed by atoms with Crippen molar-refractivity contribution >= 4 is 5.97 Å². The van der Waals surface area contributed by atoms with Crippen LogP contribution in [0.4, 0.5) is 0 Å². The van der Waals surface area contributed by atoms with E-state index >= 15 is 0 Å². The van der Waals surface area contributed by atoms with Gasteiger partial charge in [0.2, 0.25) is 0 Å². The molecule has 3 nitrogen and oxygen atoms in total. The molecule has 0 amide bonds. The molecule has 0 spiro atoms. The van der Waals surface area contributed by atoms with Gasteiger partial charge in [-0.3, -0.25) is 4.79 Å². The topological polar surface area (TPSA) is 46.5 Å². The van der Waals surface area contributed by atoms with E-state index in [0.717, 1.165) is 22.3 Å². The van der Waals surface area contributed by atoms with Gasteiger partial charge >= 0.3 is 5.97 Å². The number of rotatable bonds is 1. The van der Waals surface area contributed by atoms with Gasteiger partial charge in [-0.2, -0.15) is 0 Å². The zero-order valence-electron chi connectivity index (χ0n) is 12.4. The number of fused-ring (bicyclic) bond motifs is 3. The van der Waals surface area contributed by atoms with Crippen LogP contribution in [-0.4, -0.2) is 11.1 Å². The summed E-state index contributed by atoms with van der Waals surface area (Å²) < 4.78 is 5.40. The van der Waals surface area contributed by atoms with Crippen LogP contribution in [0.1, 0.15) is 38.0 Å². The highest BCUT2D eigenvalue weighted by atomic mass is 16.5. The van der Waals surface area contributed by atoms with Crippen LogP contribution < -0.4 is 4.74 Å². The summed E-state index contributed by atoms with van der Waals surface area (Å²) in [6, 6.07) is 13.2.